The van der Waals surface area contributed by atoms with Crippen LogP contribution in [0.5, 0.6) is 5.75 Å². The molecule has 2 aromatic rings. The molecule has 0 atom stereocenters. The van der Waals surface area contributed by atoms with Crippen molar-refractivity contribution in [2.45, 2.75) is 0 Å². The molecule has 0 saturated carbocycles. The second-order valence-electron chi connectivity index (χ2n) is 3.97. The van der Waals surface area contributed by atoms with Gasteiger partial charge in [-0.2, -0.15) is 0 Å². The maximum absolute atomic E-state index is 13.7. The molecule has 1 amide bonds. The Morgan fingerprint density at radius 3 is 2.80 bits per heavy atom. The van der Waals surface area contributed by atoms with Crippen molar-refractivity contribution < 1.29 is 13.9 Å². The number of hydrogen-bond donors (Lipinski definition) is 2. The van der Waals surface area contributed by atoms with Gasteiger partial charge in [-0.15, -0.1) is 0 Å². The first-order chi connectivity index (χ1) is 9.65. The van der Waals surface area contributed by atoms with E-state index in [1.165, 1.54) is 31.5 Å². The van der Waals surface area contributed by atoms with E-state index in [0.29, 0.717) is 17.0 Å². The van der Waals surface area contributed by atoms with Crippen molar-refractivity contribution in [2.75, 3.05) is 24.8 Å². The first-order valence-electron chi connectivity index (χ1n) is 5.92. The zero-order valence-corrected chi connectivity index (χ0v) is 11.1. The summed E-state index contributed by atoms with van der Waals surface area (Å²) in [4.78, 5) is 16.0. The van der Waals surface area contributed by atoms with Gasteiger partial charge in [0.1, 0.15) is 11.6 Å². The van der Waals surface area contributed by atoms with E-state index < -0.39 is 11.7 Å². The molecule has 0 bridgehead atoms. The fourth-order valence-corrected chi connectivity index (χ4v) is 1.71. The Labute approximate surface area is 115 Å². The molecule has 104 valence electrons. The standard InChI is InChI=1S/C14H14FN3O2/c1-16-12-5-6-17-8-10(12)14(19)18-13-7-9(20-2)3-4-11(13)15/h3-8H,1-2H3,(H,16,17)(H,18,19). The van der Waals surface area contributed by atoms with Gasteiger partial charge >= 0.3 is 0 Å². The van der Waals surface area contributed by atoms with Gasteiger partial charge in [-0.1, -0.05) is 0 Å². The van der Waals surface area contributed by atoms with Crippen LogP contribution in [0.4, 0.5) is 15.8 Å². The lowest BCUT2D eigenvalue weighted by Gasteiger charge is -2.10. The number of nitrogens with one attached hydrogen (secondary N) is 2. The number of carbonyl (C=O) groups excluding carboxylic acids is 1. The lowest BCUT2D eigenvalue weighted by Crippen LogP contribution is -2.15. The van der Waals surface area contributed by atoms with Crippen LogP contribution in [0.1, 0.15) is 10.4 Å². The average Bonchev–Trinajstić information content (AvgIpc) is 2.49. The topological polar surface area (TPSA) is 63.2 Å². The van der Waals surface area contributed by atoms with Crippen LogP contribution in [0, 0.1) is 5.82 Å². The summed E-state index contributed by atoms with van der Waals surface area (Å²) in [6, 6.07) is 5.80. The van der Waals surface area contributed by atoms with Gasteiger partial charge in [-0.05, 0) is 18.2 Å². The molecule has 0 spiro atoms. The molecule has 20 heavy (non-hydrogen) atoms. The zero-order chi connectivity index (χ0) is 14.5. The van der Waals surface area contributed by atoms with E-state index in [1.807, 2.05) is 0 Å². The summed E-state index contributed by atoms with van der Waals surface area (Å²) in [5.74, 6) is -0.523. The third kappa shape index (κ3) is 2.85. The second kappa shape index (κ2) is 6.01. The van der Waals surface area contributed by atoms with Crippen LogP contribution in [0.25, 0.3) is 0 Å². The van der Waals surface area contributed by atoms with Crippen LogP contribution in [0.3, 0.4) is 0 Å². The SMILES string of the molecule is CNc1ccncc1C(=O)Nc1cc(OC)ccc1F. The summed E-state index contributed by atoms with van der Waals surface area (Å²) in [6.45, 7) is 0. The van der Waals surface area contributed by atoms with Crippen molar-refractivity contribution in [1.82, 2.24) is 4.98 Å². The fourth-order valence-electron chi connectivity index (χ4n) is 1.71. The normalized spacial score (nSPS) is 9.95. The summed E-state index contributed by atoms with van der Waals surface area (Å²) in [5.41, 5.74) is 0.998. The molecule has 2 rings (SSSR count). The summed E-state index contributed by atoms with van der Waals surface area (Å²) in [7, 11) is 3.16. The summed E-state index contributed by atoms with van der Waals surface area (Å²) in [5, 5.41) is 5.38. The largest absolute Gasteiger partial charge is 0.497 e. The first-order valence-corrected chi connectivity index (χ1v) is 5.92. The molecular weight excluding hydrogens is 261 g/mol. The molecular formula is C14H14FN3O2. The molecule has 1 heterocycles. The van der Waals surface area contributed by atoms with E-state index in [-0.39, 0.29) is 5.69 Å². The Morgan fingerprint density at radius 2 is 2.10 bits per heavy atom. The number of aromatic nitrogens is 1. The number of nitrogens with zero attached hydrogens (tertiary/aromatic N) is 1. The van der Waals surface area contributed by atoms with E-state index in [0.717, 1.165) is 0 Å². The van der Waals surface area contributed by atoms with Crippen LogP contribution >= 0.6 is 0 Å². The molecule has 5 nitrogen and oxygen atoms in total. The van der Waals surface area contributed by atoms with E-state index in [9.17, 15) is 9.18 Å². The third-order valence-electron chi connectivity index (χ3n) is 2.76. The Balaban J connectivity index is 2.27. The molecule has 0 saturated heterocycles. The van der Waals surface area contributed by atoms with Crippen LogP contribution in [-0.4, -0.2) is 25.0 Å². The molecule has 0 unspecified atom stereocenters. The Hall–Kier alpha value is -2.63. The third-order valence-corrected chi connectivity index (χ3v) is 2.76. The fraction of sp³-hybridized carbons (Fsp3) is 0.143. The Bertz CT molecular complexity index is 632. The monoisotopic (exact) mass is 275 g/mol. The predicted molar refractivity (Wildman–Crippen MR) is 74.7 cm³/mol. The van der Waals surface area contributed by atoms with E-state index in [4.69, 9.17) is 4.74 Å². The van der Waals surface area contributed by atoms with Crippen LogP contribution in [0.15, 0.2) is 36.7 Å². The zero-order valence-electron chi connectivity index (χ0n) is 11.1. The molecule has 0 fully saturated rings. The number of rotatable bonds is 4. The van der Waals surface area contributed by atoms with Gasteiger partial charge in [-0.25, -0.2) is 4.39 Å². The quantitative estimate of drug-likeness (QED) is 0.900. The molecule has 6 heteroatoms. The Morgan fingerprint density at radius 1 is 1.30 bits per heavy atom. The average molecular weight is 275 g/mol. The van der Waals surface area contributed by atoms with E-state index >= 15 is 0 Å². The van der Waals surface area contributed by atoms with Gasteiger partial charge in [0.15, 0.2) is 0 Å². The number of halogens is 1. The summed E-state index contributed by atoms with van der Waals surface area (Å²) >= 11 is 0. The van der Waals surface area contributed by atoms with Gasteiger partial charge in [-0.3, -0.25) is 9.78 Å². The highest BCUT2D eigenvalue weighted by Crippen LogP contribution is 2.22. The predicted octanol–water partition coefficient (Wildman–Crippen LogP) is 2.52. The number of pyridine rings is 1. The van der Waals surface area contributed by atoms with Gasteiger partial charge in [0.25, 0.3) is 5.91 Å². The summed E-state index contributed by atoms with van der Waals surface area (Å²) in [6.07, 6.45) is 2.98. The van der Waals surface area contributed by atoms with Gasteiger partial charge in [0.05, 0.1) is 18.4 Å². The van der Waals surface area contributed by atoms with E-state index in [1.54, 1.807) is 19.3 Å². The van der Waals surface area contributed by atoms with Crippen molar-refractivity contribution in [3.63, 3.8) is 0 Å². The van der Waals surface area contributed by atoms with Crippen molar-refractivity contribution in [3.05, 3.63) is 48.0 Å². The number of ether oxygens (including phenoxy) is 1. The minimum atomic E-state index is -0.533. The molecule has 0 aliphatic carbocycles. The first kappa shape index (κ1) is 13.8. The van der Waals surface area contributed by atoms with Gasteiger partial charge in [0.2, 0.25) is 0 Å². The van der Waals surface area contributed by atoms with Crippen molar-refractivity contribution >= 4 is 17.3 Å². The minimum absolute atomic E-state index is 0.0558. The molecule has 0 aliphatic heterocycles. The smallest absolute Gasteiger partial charge is 0.259 e. The number of hydrogen-bond acceptors (Lipinski definition) is 4. The molecule has 1 aromatic heterocycles. The molecule has 0 radical (unpaired) electrons. The number of amides is 1. The maximum atomic E-state index is 13.7. The van der Waals surface area contributed by atoms with Crippen LogP contribution in [0.2, 0.25) is 0 Å². The molecule has 1 aromatic carbocycles. The number of methoxy groups -OCH3 is 1. The Kier molecular flexibility index (Phi) is 4.14. The number of anilines is 2. The van der Waals surface area contributed by atoms with Crippen molar-refractivity contribution in [2.24, 2.45) is 0 Å². The molecule has 2 N–H and O–H groups in total. The van der Waals surface area contributed by atoms with Crippen molar-refractivity contribution in [1.29, 1.82) is 0 Å². The molecule has 0 aliphatic rings. The highest BCUT2D eigenvalue weighted by molar-refractivity contribution is 6.07. The minimum Gasteiger partial charge on any atom is -0.497 e. The second-order valence-corrected chi connectivity index (χ2v) is 3.97. The number of benzene rings is 1. The highest BCUT2D eigenvalue weighted by atomic mass is 19.1. The summed E-state index contributed by atoms with van der Waals surface area (Å²) < 4.78 is 18.7. The highest BCUT2D eigenvalue weighted by Gasteiger charge is 2.13. The van der Waals surface area contributed by atoms with E-state index in [2.05, 4.69) is 15.6 Å². The van der Waals surface area contributed by atoms with Gasteiger partial charge in [0, 0.05) is 31.2 Å². The van der Waals surface area contributed by atoms with Crippen LogP contribution in [-0.2, 0) is 0 Å². The number of carbonyl (C=O) groups is 1. The van der Waals surface area contributed by atoms with Crippen molar-refractivity contribution in [3.8, 4) is 5.75 Å². The lowest BCUT2D eigenvalue weighted by atomic mass is 10.2. The lowest BCUT2D eigenvalue weighted by molar-refractivity contribution is 0.102. The maximum Gasteiger partial charge on any atom is 0.259 e. The van der Waals surface area contributed by atoms with Crippen LogP contribution < -0.4 is 15.4 Å². The van der Waals surface area contributed by atoms with Gasteiger partial charge < -0.3 is 15.4 Å².